The third-order valence-electron chi connectivity index (χ3n) is 4.76. The minimum absolute atomic E-state index is 0.195. The molecule has 0 radical (unpaired) electrons. The van der Waals surface area contributed by atoms with E-state index in [9.17, 15) is 9.59 Å². The predicted octanol–water partition coefficient (Wildman–Crippen LogP) is 2.68. The number of thiazole rings is 1. The molecule has 1 saturated heterocycles. The van der Waals surface area contributed by atoms with Crippen molar-refractivity contribution in [3.05, 3.63) is 34.2 Å². The first kappa shape index (κ1) is 15.3. The summed E-state index contributed by atoms with van der Waals surface area (Å²) < 4.78 is 0. The maximum Gasteiger partial charge on any atom is 0.238 e. The van der Waals surface area contributed by atoms with Gasteiger partial charge in [0.15, 0.2) is 5.13 Å². The van der Waals surface area contributed by atoms with Crippen LogP contribution in [-0.4, -0.2) is 23.3 Å². The van der Waals surface area contributed by atoms with Crippen LogP contribution in [0, 0.1) is 12.8 Å². The number of carbonyl (C=O) groups excluding carboxylic acids is 2. The van der Waals surface area contributed by atoms with Gasteiger partial charge in [-0.05, 0) is 49.8 Å². The topological polar surface area (TPSA) is 71.1 Å². The molecule has 1 aromatic carbocycles. The van der Waals surface area contributed by atoms with E-state index in [1.165, 1.54) is 28.9 Å². The van der Waals surface area contributed by atoms with E-state index in [2.05, 4.69) is 33.8 Å². The summed E-state index contributed by atoms with van der Waals surface area (Å²) in [5.74, 6) is -1.06. The average molecular weight is 341 g/mol. The third kappa shape index (κ3) is 2.71. The van der Waals surface area contributed by atoms with E-state index in [0.29, 0.717) is 18.1 Å². The second-order valence-corrected chi connectivity index (χ2v) is 7.59. The van der Waals surface area contributed by atoms with Crippen molar-refractivity contribution in [2.75, 3.05) is 11.9 Å². The summed E-state index contributed by atoms with van der Waals surface area (Å²) in [5.41, 5.74) is 4.87. The van der Waals surface area contributed by atoms with Crippen LogP contribution in [0.25, 0.3) is 11.3 Å². The summed E-state index contributed by atoms with van der Waals surface area (Å²) in [6.45, 7) is 2.58. The number of benzene rings is 1. The van der Waals surface area contributed by atoms with Crippen molar-refractivity contribution in [2.45, 2.75) is 32.6 Å². The molecule has 1 aliphatic carbocycles. The second-order valence-electron chi connectivity index (χ2n) is 6.38. The van der Waals surface area contributed by atoms with Crippen LogP contribution >= 0.6 is 11.3 Å². The number of fused-ring (bicyclic) bond motifs is 1. The molecule has 2 N–H and O–H groups in total. The fraction of sp³-hybridized carbons (Fsp3) is 0.389. The number of rotatable bonds is 3. The summed E-state index contributed by atoms with van der Waals surface area (Å²) in [7, 11) is 0. The standard InChI is InChI=1S/C18H19N3O2S/c1-10-15(13-6-5-11-3-2-4-12(11)9-13)20-18(24-10)21-17(23)14-7-8-19-16(14)22/h5-6,9,14H,2-4,7-8H2,1H3,(H,19,22)(H,20,21,23). The Labute approximate surface area is 144 Å². The van der Waals surface area contributed by atoms with E-state index in [-0.39, 0.29) is 11.8 Å². The molecule has 2 aliphatic rings. The molecule has 5 nitrogen and oxygen atoms in total. The van der Waals surface area contributed by atoms with Crippen LogP contribution in [0.5, 0.6) is 0 Å². The number of aromatic nitrogens is 1. The molecule has 0 saturated carbocycles. The highest BCUT2D eigenvalue weighted by molar-refractivity contribution is 7.16. The van der Waals surface area contributed by atoms with Crippen molar-refractivity contribution in [3.63, 3.8) is 0 Å². The number of amides is 2. The molecule has 6 heteroatoms. The maximum atomic E-state index is 12.2. The Morgan fingerprint density at radius 3 is 2.96 bits per heavy atom. The van der Waals surface area contributed by atoms with E-state index >= 15 is 0 Å². The zero-order valence-corrected chi connectivity index (χ0v) is 14.3. The lowest BCUT2D eigenvalue weighted by Gasteiger charge is -2.05. The van der Waals surface area contributed by atoms with Gasteiger partial charge in [-0.3, -0.25) is 9.59 Å². The van der Waals surface area contributed by atoms with Gasteiger partial charge in [0, 0.05) is 17.0 Å². The largest absolute Gasteiger partial charge is 0.355 e. The third-order valence-corrected chi connectivity index (χ3v) is 5.65. The fourth-order valence-corrected chi connectivity index (χ4v) is 4.31. The molecule has 24 heavy (non-hydrogen) atoms. The first-order valence-electron chi connectivity index (χ1n) is 8.30. The van der Waals surface area contributed by atoms with E-state index in [1.807, 2.05) is 6.92 Å². The molecule has 0 spiro atoms. The Hall–Kier alpha value is -2.21. The van der Waals surface area contributed by atoms with Crippen molar-refractivity contribution in [1.82, 2.24) is 10.3 Å². The van der Waals surface area contributed by atoms with Crippen LogP contribution in [0.3, 0.4) is 0 Å². The molecule has 1 atom stereocenters. The predicted molar refractivity (Wildman–Crippen MR) is 94.1 cm³/mol. The highest BCUT2D eigenvalue weighted by atomic mass is 32.1. The molecule has 0 bridgehead atoms. The van der Waals surface area contributed by atoms with Gasteiger partial charge in [-0.2, -0.15) is 0 Å². The van der Waals surface area contributed by atoms with Crippen LogP contribution in [0.2, 0.25) is 0 Å². The average Bonchev–Trinajstić information content (AvgIpc) is 3.26. The van der Waals surface area contributed by atoms with Gasteiger partial charge in [0.1, 0.15) is 5.92 Å². The lowest BCUT2D eigenvalue weighted by Crippen LogP contribution is -2.29. The number of anilines is 1. The molecule has 124 valence electrons. The Morgan fingerprint density at radius 2 is 2.17 bits per heavy atom. The van der Waals surface area contributed by atoms with Crippen LogP contribution in [0.15, 0.2) is 18.2 Å². The highest BCUT2D eigenvalue weighted by Gasteiger charge is 2.31. The van der Waals surface area contributed by atoms with Crippen LogP contribution < -0.4 is 10.6 Å². The van der Waals surface area contributed by atoms with Crippen LogP contribution in [0.1, 0.15) is 28.8 Å². The highest BCUT2D eigenvalue weighted by Crippen LogP contribution is 2.33. The molecule has 2 amide bonds. The number of hydrogen-bond acceptors (Lipinski definition) is 4. The first-order valence-corrected chi connectivity index (χ1v) is 9.11. The van der Waals surface area contributed by atoms with Crippen LogP contribution in [-0.2, 0) is 22.4 Å². The van der Waals surface area contributed by atoms with E-state index < -0.39 is 5.92 Å². The molecule has 1 aromatic heterocycles. The monoisotopic (exact) mass is 341 g/mol. The van der Waals surface area contributed by atoms with Gasteiger partial charge >= 0.3 is 0 Å². The molecule has 1 aliphatic heterocycles. The van der Waals surface area contributed by atoms with Gasteiger partial charge in [0.25, 0.3) is 0 Å². The lowest BCUT2D eigenvalue weighted by molar-refractivity contribution is -0.130. The Kier molecular flexibility index (Phi) is 3.84. The normalized spacial score (nSPS) is 19.2. The minimum atomic E-state index is -0.599. The number of aryl methyl sites for hydroxylation is 3. The van der Waals surface area contributed by atoms with E-state index in [0.717, 1.165) is 29.0 Å². The quantitative estimate of drug-likeness (QED) is 0.843. The SMILES string of the molecule is Cc1sc(NC(=O)C2CCNC2=O)nc1-c1ccc2c(c1)CCC2. The summed E-state index contributed by atoms with van der Waals surface area (Å²) in [6.07, 6.45) is 4.06. The van der Waals surface area contributed by atoms with Crippen molar-refractivity contribution in [1.29, 1.82) is 0 Å². The molecule has 1 unspecified atom stereocenters. The molecule has 2 heterocycles. The van der Waals surface area contributed by atoms with Crippen molar-refractivity contribution >= 4 is 28.3 Å². The zero-order chi connectivity index (χ0) is 16.7. The molecule has 1 fully saturated rings. The minimum Gasteiger partial charge on any atom is -0.355 e. The molecular weight excluding hydrogens is 322 g/mol. The summed E-state index contributed by atoms with van der Waals surface area (Å²) in [5, 5.41) is 6.05. The van der Waals surface area contributed by atoms with Gasteiger partial charge < -0.3 is 10.6 Å². The molecular formula is C18H19N3O2S. The van der Waals surface area contributed by atoms with Crippen molar-refractivity contribution in [2.24, 2.45) is 5.92 Å². The van der Waals surface area contributed by atoms with E-state index in [1.54, 1.807) is 0 Å². The summed E-state index contributed by atoms with van der Waals surface area (Å²) in [6, 6.07) is 6.53. The van der Waals surface area contributed by atoms with Crippen molar-refractivity contribution < 1.29 is 9.59 Å². The smallest absolute Gasteiger partial charge is 0.238 e. The fourth-order valence-electron chi connectivity index (χ4n) is 3.47. The Morgan fingerprint density at radius 1 is 1.33 bits per heavy atom. The van der Waals surface area contributed by atoms with E-state index in [4.69, 9.17) is 0 Å². The Bertz CT molecular complexity index is 828. The zero-order valence-electron chi connectivity index (χ0n) is 13.5. The number of carbonyl (C=O) groups is 2. The van der Waals surface area contributed by atoms with Gasteiger partial charge in [-0.1, -0.05) is 12.1 Å². The molecule has 4 rings (SSSR count). The Balaban J connectivity index is 1.56. The molecule has 2 aromatic rings. The van der Waals surface area contributed by atoms with Gasteiger partial charge in [-0.25, -0.2) is 4.98 Å². The van der Waals surface area contributed by atoms with Gasteiger partial charge in [-0.15, -0.1) is 11.3 Å². The second kappa shape index (κ2) is 6.02. The van der Waals surface area contributed by atoms with Gasteiger partial charge in [0.05, 0.1) is 5.69 Å². The maximum absolute atomic E-state index is 12.2. The first-order chi connectivity index (χ1) is 11.6. The lowest BCUT2D eigenvalue weighted by atomic mass is 10.0. The summed E-state index contributed by atoms with van der Waals surface area (Å²) >= 11 is 1.46. The number of nitrogens with zero attached hydrogens (tertiary/aromatic N) is 1. The van der Waals surface area contributed by atoms with Gasteiger partial charge in [0.2, 0.25) is 11.8 Å². The number of nitrogens with one attached hydrogen (secondary N) is 2. The summed E-state index contributed by atoms with van der Waals surface area (Å²) in [4.78, 5) is 29.5. The van der Waals surface area contributed by atoms with Crippen molar-refractivity contribution in [3.8, 4) is 11.3 Å². The van der Waals surface area contributed by atoms with Crippen LogP contribution in [0.4, 0.5) is 5.13 Å². The number of hydrogen-bond donors (Lipinski definition) is 2.